The summed E-state index contributed by atoms with van der Waals surface area (Å²) in [5, 5.41) is 0. The third-order valence-corrected chi connectivity index (χ3v) is 9.42. The van der Waals surface area contributed by atoms with Crippen molar-refractivity contribution >= 4 is 5.78 Å². The van der Waals surface area contributed by atoms with E-state index in [4.69, 9.17) is 4.74 Å². The molecular weight excluding hydrogens is 346 g/mol. The summed E-state index contributed by atoms with van der Waals surface area (Å²) in [6.45, 7) is 13.4. The van der Waals surface area contributed by atoms with Crippen LogP contribution in [0.5, 0.6) is 0 Å². The van der Waals surface area contributed by atoms with Gasteiger partial charge in [-0.15, -0.1) is 0 Å². The van der Waals surface area contributed by atoms with E-state index >= 15 is 0 Å². The summed E-state index contributed by atoms with van der Waals surface area (Å²) in [6.07, 6.45) is 12.2. The fraction of sp³-hybridized carbons (Fsp3) is 0.880. The number of carbonyl (C=O) groups excluding carboxylic acids is 1. The SMILES string of the molecule is CCN(CC)CCO[C@H]1CC[C@@]2(C)C(=CCC3C2CC[C@]2(C)C(=O)CCC32)C1. The van der Waals surface area contributed by atoms with E-state index in [0.29, 0.717) is 23.2 Å². The third-order valence-electron chi connectivity index (χ3n) is 9.42. The summed E-state index contributed by atoms with van der Waals surface area (Å²) in [5.74, 6) is 2.71. The van der Waals surface area contributed by atoms with Gasteiger partial charge in [-0.2, -0.15) is 0 Å². The molecule has 0 radical (unpaired) electrons. The third kappa shape index (κ3) is 3.31. The van der Waals surface area contributed by atoms with Crippen molar-refractivity contribution in [3.63, 3.8) is 0 Å². The number of ketones is 1. The van der Waals surface area contributed by atoms with E-state index in [1.165, 1.54) is 25.7 Å². The molecule has 3 unspecified atom stereocenters. The van der Waals surface area contributed by atoms with Crippen LogP contribution < -0.4 is 0 Å². The predicted octanol–water partition coefficient (Wildman–Crippen LogP) is 5.25. The lowest BCUT2D eigenvalue weighted by molar-refractivity contribution is -0.132. The van der Waals surface area contributed by atoms with Gasteiger partial charge in [0.15, 0.2) is 0 Å². The molecule has 0 aliphatic heterocycles. The van der Waals surface area contributed by atoms with Crippen LogP contribution in [-0.2, 0) is 9.53 Å². The Balaban J connectivity index is 1.42. The summed E-state index contributed by atoms with van der Waals surface area (Å²) < 4.78 is 6.32. The van der Waals surface area contributed by atoms with Crippen LogP contribution in [0.4, 0.5) is 0 Å². The highest BCUT2D eigenvalue weighted by Crippen LogP contribution is 2.64. The molecule has 0 saturated heterocycles. The average molecular weight is 388 g/mol. The fourth-order valence-corrected chi connectivity index (χ4v) is 7.43. The zero-order valence-corrected chi connectivity index (χ0v) is 18.6. The highest BCUT2D eigenvalue weighted by atomic mass is 16.5. The molecular formula is C25H41NO2. The number of nitrogens with zero attached hydrogens (tertiary/aromatic N) is 1. The maximum absolute atomic E-state index is 12.6. The van der Waals surface area contributed by atoms with Gasteiger partial charge < -0.3 is 9.64 Å². The standard InChI is InChI=1S/C25H41NO2/c1-5-26(6-2)15-16-28-19-11-13-24(3)18(17-19)7-8-20-21-9-10-23(27)25(21,4)14-12-22(20)24/h7,19-22H,5-6,8-17H2,1-4H3/t19-,20?,21?,22?,24-,25-/m0/s1. The Kier molecular flexibility index (Phi) is 5.79. The van der Waals surface area contributed by atoms with Crippen LogP contribution in [0.2, 0.25) is 0 Å². The van der Waals surface area contributed by atoms with Gasteiger partial charge in [-0.25, -0.2) is 0 Å². The summed E-state index contributed by atoms with van der Waals surface area (Å²) >= 11 is 0. The second-order valence-electron chi connectivity index (χ2n) is 10.4. The number of Topliss-reactive ketones (excluding diaryl/α,β-unsaturated/α-hetero) is 1. The Hall–Kier alpha value is -0.670. The lowest BCUT2D eigenvalue weighted by Gasteiger charge is -2.57. The van der Waals surface area contributed by atoms with Crippen LogP contribution in [0.25, 0.3) is 0 Å². The van der Waals surface area contributed by atoms with Crippen molar-refractivity contribution in [3.05, 3.63) is 11.6 Å². The largest absolute Gasteiger partial charge is 0.377 e. The number of fused-ring (bicyclic) bond motifs is 5. The van der Waals surface area contributed by atoms with Crippen LogP contribution in [0.15, 0.2) is 11.6 Å². The predicted molar refractivity (Wildman–Crippen MR) is 114 cm³/mol. The molecule has 6 atom stereocenters. The highest BCUT2D eigenvalue weighted by Gasteiger charge is 2.58. The average Bonchev–Trinajstić information content (AvgIpc) is 3.00. The molecule has 0 aromatic carbocycles. The number of likely N-dealkylation sites (N-methyl/N-ethyl adjacent to an activating group) is 1. The van der Waals surface area contributed by atoms with Gasteiger partial charge in [0.1, 0.15) is 5.78 Å². The van der Waals surface area contributed by atoms with Gasteiger partial charge in [-0.1, -0.05) is 39.3 Å². The van der Waals surface area contributed by atoms with E-state index in [0.717, 1.165) is 63.8 Å². The molecule has 28 heavy (non-hydrogen) atoms. The van der Waals surface area contributed by atoms with Crippen molar-refractivity contribution < 1.29 is 9.53 Å². The molecule has 4 rings (SSSR count). The van der Waals surface area contributed by atoms with E-state index in [-0.39, 0.29) is 5.41 Å². The Morgan fingerprint density at radius 2 is 1.79 bits per heavy atom. The molecule has 3 saturated carbocycles. The van der Waals surface area contributed by atoms with Crippen molar-refractivity contribution in [3.8, 4) is 0 Å². The van der Waals surface area contributed by atoms with E-state index in [2.05, 4.69) is 38.7 Å². The molecule has 158 valence electrons. The van der Waals surface area contributed by atoms with E-state index in [1.54, 1.807) is 5.57 Å². The molecule has 3 heteroatoms. The molecule has 0 heterocycles. The van der Waals surface area contributed by atoms with Gasteiger partial charge in [0.05, 0.1) is 12.7 Å². The van der Waals surface area contributed by atoms with E-state index < -0.39 is 0 Å². The van der Waals surface area contributed by atoms with Crippen molar-refractivity contribution in [1.82, 2.24) is 4.90 Å². The minimum atomic E-state index is -0.00634. The maximum Gasteiger partial charge on any atom is 0.139 e. The van der Waals surface area contributed by atoms with Crippen LogP contribution in [0.3, 0.4) is 0 Å². The van der Waals surface area contributed by atoms with Gasteiger partial charge in [-0.05, 0) is 81.2 Å². The van der Waals surface area contributed by atoms with Gasteiger partial charge >= 0.3 is 0 Å². The number of hydrogen-bond donors (Lipinski definition) is 0. The molecule has 3 fully saturated rings. The van der Waals surface area contributed by atoms with Crippen LogP contribution in [0.1, 0.15) is 79.1 Å². The second-order valence-corrected chi connectivity index (χ2v) is 10.4. The van der Waals surface area contributed by atoms with E-state index in [9.17, 15) is 4.79 Å². The lowest BCUT2D eigenvalue weighted by atomic mass is 9.48. The van der Waals surface area contributed by atoms with Crippen LogP contribution in [-0.4, -0.2) is 43.0 Å². The van der Waals surface area contributed by atoms with Crippen LogP contribution >= 0.6 is 0 Å². The zero-order valence-electron chi connectivity index (χ0n) is 18.6. The smallest absolute Gasteiger partial charge is 0.139 e. The first-order chi connectivity index (χ1) is 13.4. The normalized spacial score (nSPS) is 42.8. The van der Waals surface area contributed by atoms with Crippen molar-refractivity contribution in [1.29, 1.82) is 0 Å². The van der Waals surface area contributed by atoms with Gasteiger partial charge in [-0.3, -0.25) is 4.79 Å². The molecule has 3 nitrogen and oxygen atoms in total. The van der Waals surface area contributed by atoms with Crippen molar-refractivity contribution in [2.24, 2.45) is 28.6 Å². The Morgan fingerprint density at radius 1 is 1.07 bits per heavy atom. The van der Waals surface area contributed by atoms with Gasteiger partial charge in [0.25, 0.3) is 0 Å². The fourth-order valence-electron chi connectivity index (χ4n) is 7.43. The number of carbonyl (C=O) groups is 1. The molecule has 0 aromatic heterocycles. The minimum Gasteiger partial charge on any atom is -0.377 e. The number of hydrogen-bond acceptors (Lipinski definition) is 3. The van der Waals surface area contributed by atoms with Crippen molar-refractivity contribution in [2.75, 3.05) is 26.2 Å². The molecule has 0 N–H and O–H groups in total. The first-order valence-electron chi connectivity index (χ1n) is 12.0. The maximum atomic E-state index is 12.6. The summed E-state index contributed by atoms with van der Waals surface area (Å²) in [7, 11) is 0. The van der Waals surface area contributed by atoms with Crippen molar-refractivity contribution in [2.45, 2.75) is 85.2 Å². The molecule has 0 aromatic rings. The molecule has 0 amide bonds. The Bertz CT molecular complexity index is 624. The Labute approximate surface area is 172 Å². The topological polar surface area (TPSA) is 29.5 Å². The minimum absolute atomic E-state index is 0.00634. The first kappa shape index (κ1) is 20.6. The highest BCUT2D eigenvalue weighted by molar-refractivity contribution is 5.87. The molecule has 0 bridgehead atoms. The van der Waals surface area contributed by atoms with Crippen LogP contribution in [0, 0.1) is 28.6 Å². The van der Waals surface area contributed by atoms with Gasteiger partial charge in [0.2, 0.25) is 0 Å². The Morgan fingerprint density at radius 3 is 2.54 bits per heavy atom. The van der Waals surface area contributed by atoms with Gasteiger partial charge in [0, 0.05) is 18.4 Å². The molecule has 4 aliphatic carbocycles. The molecule has 0 spiro atoms. The molecule has 4 aliphatic rings. The zero-order chi connectivity index (χ0) is 19.9. The number of allylic oxidation sites excluding steroid dienone is 1. The van der Waals surface area contributed by atoms with E-state index in [1.807, 2.05) is 0 Å². The first-order valence-corrected chi connectivity index (χ1v) is 12.0. The quantitative estimate of drug-likeness (QED) is 0.583. The monoisotopic (exact) mass is 387 g/mol. The number of rotatable bonds is 6. The summed E-state index contributed by atoms with van der Waals surface area (Å²) in [6, 6.07) is 0. The second kappa shape index (κ2) is 7.87. The summed E-state index contributed by atoms with van der Waals surface area (Å²) in [5.41, 5.74) is 2.03. The lowest BCUT2D eigenvalue weighted by Crippen LogP contribution is -2.50. The summed E-state index contributed by atoms with van der Waals surface area (Å²) in [4.78, 5) is 15.0. The number of ether oxygens (including phenoxy) is 1.